The number of hydrogen-bond donors (Lipinski definition) is 2. The number of pyridine rings is 2. The fraction of sp³-hybridized carbons (Fsp3) is 0. The van der Waals surface area contributed by atoms with Gasteiger partial charge in [0.15, 0.2) is 5.84 Å². The molecule has 0 saturated carbocycles. The Kier molecular flexibility index (Phi) is 6.23. The number of nitriles is 1. The van der Waals surface area contributed by atoms with Crippen LogP contribution in [0.5, 0.6) is 0 Å². The van der Waals surface area contributed by atoms with Gasteiger partial charge in [-0.2, -0.15) is 10.4 Å². The van der Waals surface area contributed by atoms with Crippen molar-refractivity contribution < 1.29 is 0 Å². The van der Waals surface area contributed by atoms with E-state index in [-0.39, 0.29) is 5.84 Å². The molecule has 2 rings (SSSR count). The van der Waals surface area contributed by atoms with E-state index in [0.29, 0.717) is 21.4 Å². The summed E-state index contributed by atoms with van der Waals surface area (Å²) in [6.45, 7) is 0. The monoisotopic (exact) mass is 308 g/mol. The molecule has 2 heterocycles. The molecular weight excluding hydrogens is 299 g/mol. The number of hydrogen-bond acceptors (Lipinski definition) is 5. The van der Waals surface area contributed by atoms with E-state index in [9.17, 15) is 0 Å². The topological polar surface area (TPSA) is 114 Å². The number of rotatable bonds is 1. The Bertz CT molecular complexity index is 616. The second kappa shape index (κ2) is 7.94. The van der Waals surface area contributed by atoms with Gasteiger partial charge in [-0.25, -0.2) is 9.97 Å². The predicted molar refractivity (Wildman–Crippen MR) is 78.1 cm³/mol. The Hall–Kier alpha value is -2.36. The average Bonchev–Trinajstić information content (AvgIpc) is 2.49. The van der Waals surface area contributed by atoms with Gasteiger partial charge in [-0.05, 0) is 24.3 Å². The van der Waals surface area contributed by atoms with Crippen LogP contribution in [0.4, 0.5) is 0 Å². The first-order valence-corrected chi connectivity index (χ1v) is 5.99. The molecule has 4 N–H and O–H groups in total. The molecule has 0 bridgehead atoms. The van der Waals surface area contributed by atoms with Crippen LogP contribution in [0.1, 0.15) is 11.1 Å². The smallest absolute Gasteiger partial charge is 0.151 e. The average molecular weight is 309 g/mol. The fourth-order valence-electron chi connectivity index (χ4n) is 1.04. The summed E-state index contributed by atoms with van der Waals surface area (Å²) >= 11 is 11.0. The van der Waals surface area contributed by atoms with Crippen molar-refractivity contribution in [1.82, 2.24) is 9.97 Å². The number of hydrazone groups is 1. The van der Waals surface area contributed by atoms with Crippen molar-refractivity contribution in [3.8, 4) is 6.07 Å². The van der Waals surface area contributed by atoms with Crippen LogP contribution in [0.3, 0.4) is 0 Å². The first-order valence-electron chi connectivity index (χ1n) is 5.23. The molecule has 2 aromatic rings. The Balaban J connectivity index is 0.000000204. The maximum absolute atomic E-state index is 8.30. The number of nitrogens with zero attached hydrogens (tertiary/aromatic N) is 4. The van der Waals surface area contributed by atoms with Crippen molar-refractivity contribution in [3.05, 3.63) is 58.1 Å². The molecule has 2 aromatic heterocycles. The van der Waals surface area contributed by atoms with Crippen LogP contribution in [0, 0.1) is 11.3 Å². The lowest BCUT2D eigenvalue weighted by Crippen LogP contribution is -2.15. The second-order valence-corrected chi connectivity index (χ2v) is 4.14. The van der Waals surface area contributed by atoms with E-state index in [1.807, 2.05) is 6.07 Å². The molecule has 0 spiro atoms. The minimum absolute atomic E-state index is 0.245. The molecular formula is C12H10Cl2N6. The summed E-state index contributed by atoms with van der Waals surface area (Å²) in [5.74, 6) is 5.19. The van der Waals surface area contributed by atoms with Gasteiger partial charge in [0, 0.05) is 18.0 Å². The van der Waals surface area contributed by atoms with Gasteiger partial charge in [-0.1, -0.05) is 23.2 Å². The molecule has 20 heavy (non-hydrogen) atoms. The SMILES string of the molecule is N#Cc1ccc(Cl)nc1.NN=C(N)c1ccc(Cl)nc1. The molecule has 0 saturated heterocycles. The standard InChI is InChI=1S/C6H7ClN4.C6H3ClN2/c7-5-2-1-4(3-10-5)6(8)11-9;7-6-2-1-5(3-8)4-9-6/h1-3H,9H2,(H2,8,11);1-2,4H. The minimum atomic E-state index is 0.245. The van der Waals surface area contributed by atoms with Crippen LogP contribution >= 0.6 is 23.2 Å². The summed E-state index contributed by atoms with van der Waals surface area (Å²) in [5.41, 5.74) is 6.58. The summed E-state index contributed by atoms with van der Waals surface area (Å²) in [5, 5.41) is 12.4. The van der Waals surface area contributed by atoms with Crippen molar-refractivity contribution in [3.63, 3.8) is 0 Å². The molecule has 0 aromatic carbocycles. The van der Waals surface area contributed by atoms with Crippen molar-refractivity contribution in [2.24, 2.45) is 16.7 Å². The van der Waals surface area contributed by atoms with Gasteiger partial charge < -0.3 is 11.6 Å². The Labute approximate surface area is 125 Å². The van der Waals surface area contributed by atoms with Crippen LogP contribution in [0.2, 0.25) is 10.3 Å². The zero-order valence-corrected chi connectivity index (χ0v) is 11.7. The van der Waals surface area contributed by atoms with Crippen molar-refractivity contribution in [2.45, 2.75) is 0 Å². The molecule has 0 unspecified atom stereocenters. The summed E-state index contributed by atoms with van der Waals surface area (Å²) in [6.07, 6.45) is 2.94. The largest absolute Gasteiger partial charge is 0.382 e. The molecule has 0 atom stereocenters. The van der Waals surface area contributed by atoms with E-state index in [0.717, 1.165) is 0 Å². The van der Waals surface area contributed by atoms with Gasteiger partial charge in [0.2, 0.25) is 0 Å². The van der Waals surface area contributed by atoms with E-state index in [1.165, 1.54) is 12.4 Å². The third kappa shape index (κ3) is 5.10. The molecule has 8 heteroatoms. The van der Waals surface area contributed by atoms with Gasteiger partial charge >= 0.3 is 0 Å². The van der Waals surface area contributed by atoms with Gasteiger partial charge in [0.25, 0.3) is 0 Å². The summed E-state index contributed by atoms with van der Waals surface area (Å²) in [7, 11) is 0. The van der Waals surface area contributed by atoms with Crippen LogP contribution in [0.15, 0.2) is 41.8 Å². The predicted octanol–water partition coefficient (Wildman–Crippen LogP) is 1.92. The van der Waals surface area contributed by atoms with Crippen LogP contribution in [0.25, 0.3) is 0 Å². The van der Waals surface area contributed by atoms with Crippen molar-refractivity contribution >= 4 is 29.0 Å². The quantitative estimate of drug-likeness (QED) is 0.275. The summed E-state index contributed by atoms with van der Waals surface area (Å²) in [6, 6.07) is 8.45. The highest BCUT2D eigenvalue weighted by Crippen LogP contribution is 2.04. The Morgan fingerprint density at radius 2 is 1.70 bits per heavy atom. The molecule has 102 valence electrons. The molecule has 0 fully saturated rings. The first-order chi connectivity index (χ1) is 9.56. The third-order valence-electron chi connectivity index (χ3n) is 2.02. The van der Waals surface area contributed by atoms with Gasteiger partial charge in [0.05, 0.1) is 5.56 Å². The van der Waals surface area contributed by atoms with Crippen LogP contribution in [-0.4, -0.2) is 15.8 Å². The molecule has 0 amide bonds. The second-order valence-electron chi connectivity index (χ2n) is 3.37. The fourth-order valence-corrected chi connectivity index (χ4v) is 1.27. The number of nitrogens with two attached hydrogens (primary N) is 2. The summed E-state index contributed by atoms with van der Waals surface area (Å²) in [4.78, 5) is 7.49. The van der Waals surface area contributed by atoms with E-state index in [2.05, 4.69) is 15.1 Å². The Morgan fingerprint density at radius 3 is 2.10 bits per heavy atom. The number of amidine groups is 1. The molecule has 0 aliphatic heterocycles. The van der Waals surface area contributed by atoms with E-state index in [1.54, 1.807) is 24.3 Å². The molecule has 0 radical (unpaired) electrons. The van der Waals surface area contributed by atoms with E-state index in [4.69, 9.17) is 40.0 Å². The van der Waals surface area contributed by atoms with Gasteiger partial charge in [-0.3, -0.25) is 0 Å². The lowest BCUT2D eigenvalue weighted by molar-refractivity contribution is 1.22. The zero-order chi connectivity index (χ0) is 15.0. The normalized spacial score (nSPS) is 10.2. The van der Waals surface area contributed by atoms with Crippen LogP contribution in [-0.2, 0) is 0 Å². The minimum Gasteiger partial charge on any atom is -0.382 e. The Morgan fingerprint density at radius 1 is 1.10 bits per heavy atom. The van der Waals surface area contributed by atoms with Crippen molar-refractivity contribution in [1.29, 1.82) is 5.26 Å². The van der Waals surface area contributed by atoms with Gasteiger partial charge in [-0.15, -0.1) is 0 Å². The third-order valence-corrected chi connectivity index (χ3v) is 2.47. The number of halogens is 2. The summed E-state index contributed by atoms with van der Waals surface area (Å²) < 4.78 is 0. The van der Waals surface area contributed by atoms with E-state index >= 15 is 0 Å². The maximum atomic E-state index is 8.30. The highest BCUT2D eigenvalue weighted by molar-refractivity contribution is 6.29. The molecule has 0 aliphatic carbocycles. The van der Waals surface area contributed by atoms with E-state index < -0.39 is 0 Å². The van der Waals surface area contributed by atoms with Crippen LogP contribution < -0.4 is 11.6 Å². The highest BCUT2D eigenvalue weighted by Gasteiger charge is 1.96. The van der Waals surface area contributed by atoms with Crippen molar-refractivity contribution in [2.75, 3.05) is 0 Å². The zero-order valence-electron chi connectivity index (χ0n) is 10.2. The lowest BCUT2D eigenvalue weighted by atomic mass is 10.3. The molecule has 0 aliphatic rings. The highest BCUT2D eigenvalue weighted by atomic mass is 35.5. The van der Waals surface area contributed by atoms with Gasteiger partial charge in [0.1, 0.15) is 16.4 Å². The molecule has 6 nitrogen and oxygen atoms in total. The number of aromatic nitrogens is 2. The first kappa shape index (κ1) is 15.7. The maximum Gasteiger partial charge on any atom is 0.151 e. The lowest BCUT2D eigenvalue weighted by Gasteiger charge is -1.96.